The SMILES string of the molecule is CC.CC.CC(=O)CN.CCC(=O)C=N. The second-order valence-electron chi connectivity index (χ2n) is 1.87. The van der Waals surface area contributed by atoms with Gasteiger partial charge in [-0.3, -0.25) is 9.59 Å². The van der Waals surface area contributed by atoms with E-state index in [4.69, 9.17) is 11.1 Å². The van der Waals surface area contributed by atoms with Gasteiger partial charge in [-0.1, -0.05) is 34.6 Å². The number of hydrogen-bond acceptors (Lipinski definition) is 4. The van der Waals surface area contributed by atoms with Gasteiger partial charge in [-0.05, 0) is 6.92 Å². The summed E-state index contributed by atoms with van der Waals surface area (Å²) in [5.41, 5.74) is 4.82. The molecule has 0 unspecified atom stereocenters. The van der Waals surface area contributed by atoms with Gasteiger partial charge >= 0.3 is 0 Å². The highest BCUT2D eigenvalue weighted by molar-refractivity contribution is 6.26. The van der Waals surface area contributed by atoms with Crippen LogP contribution in [0, 0.1) is 5.41 Å². The standard InChI is InChI=1S/C4H7NO.C3H7NO.2C2H6/c1-2-4(6)3-5;1-3(5)2-4;2*1-2/h3,5H,2H2,1H3;2,4H2,1H3;2*1-2H3. The fourth-order valence-corrected chi connectivity index (χ4v) is 0.102. The lowest BCUT2D eigenvalue weighted by molar-refractivity contribution is -0.115. The Morgan fingerprint density at radius 3 is 1.47 bits per heavy atom. The van der Waals surface area contributed by atoms with Gasteiger partial charge in [0.15, 0.2) is 5.78 Å². The molecule has 0 aromatic heterocycles. The van der Waals surface area contributed by atoms with E-state index in [-0.39, 0.29) is 18.1 Å². The van der Waals surface area contributed by atoms with E-state index in [1.807, 2.05) is 27.7 Å². The summed E-state index contributed by atoms with van der Waals surface area (Å²) >= 11 is 0. The molecule has 0 bridgehead atoms. The summed E-state index contributed by atoms with van der Waals surface area (Å²) in [5.74, 6) is -0.0833. The van der Waals surface area contributed by atoms with Gasteiger partial charge in [-0.15, -0.1) is 0 Å². The molecule has 4 nitrogen and oxygen atoms in total. The molecule has 15 heavy (non-hydrogen) atoms. The molecule has 0 aliphatic heterocycles. The van der Waals surface area contributed by atoms with Crippen molar-refractivity contribution < 1.29 is 9.59 Å². The van der Waals surface area contributed by atoms with E-state index in [2.05, 4.69) is 0 Å². The Kier molecular flexibility index (Phi) is 46.1. The van der Waals surface area contributed by atoms with Crippen molar-refractivity contribution in [3.05, 3.63) is 0 Å². The van der Waals surface area contributed by atoms with E-state index >= 15 is 0 Å². The van der Waals surface area contributed by atoms with E-state index in [0.717, 1.165) is 6.21 Å². The van der Waals surface area contributed by atoms with Gasteiger partial charge in [0.05, 0.1) is 12.8 Å². The van der Waals surface area contributed by atoms with Gasteiger partial charge in [-0.2, -0.15) is 0 Å². The molecule has 0 saturated carbocycles. The van der Waals surface area contributed by atoms with Crippen LogP contribution in [-0.4, -0.2) is 24.3 Å². The van der Waals surface area contributed by atoms with Crippen LogP contribution >= 0.6 is 0 Å². The molecule has 0 aliphatic rings. The zero-order valence-corrected chi connectivity index (χ0v) is 10.9. The van der Waals surface area contributed by atoms with Gasteiger partial charge in [0.25, 0.3) is 0 Å². The van der Waals surface area contributed by atoms with Crippen LogP contribution < -0.4 is 5.73 Å². The molecule has 0 aromatic carbocycles. The van der Waals surface area contributed by atoms with E-state index in [9.17, 15) is 9.59 Å². The summed E-state index contributed by atoms with van der Waals surface area (Å²) in [6.07, 6.45) is 1.28. The summed E-state index contributed by atoms with van der Waals surface area (Å²) in [6.45, 7) is 11.4. The van der Waals surface area contributed by atoms with Crippen molar-refractivity contribution in [1.82, 2.24) is 0 Å². The van der Waals surface area contributed by atoms with Crippen molar-refractivity contribution in [2.75, 3.05) is 6.54 Å². The van der Waals surface area contributed by atoms with Gasteiger partial charge in [0, 0.05) is 6.42 Å². The number of nitrogens with one attached hydrogen (secondary N) is 1. The molecule has 0 aromatic rings. The number of ketones is 2. The first-order valence-electron chi connectivity index (χ1n) is 5.31. The van der Waals surface area contributed by atoms with Crippen LogP contribution in [0.15, 0.2) is 0 Å². The summed E-state index contributed by atoms with van der Waals surface area (Å²) in [7, 11) is 0. The van der Waals surface area contributed by atoms with Crippen LogP contribution in [0.4, 0.5) is 0 Å². The van der Waals surface area contributed by atoms with E-state index in [1.54, 1.807) is 6.92 Å². The molecule has 0 amide bonds. The number of carbonyl (C=O) groups is 2. The zero-order valence-electron chi connectivity index (χ0n) is 10.9. The van der Waals surface area contributed by atoms with E-state index in [1.165, 1.54) is 6.92 Å². The van der Waals surface area contributed by atoms with Crippen molar-refractivity contribution in [1.29, 1.82) is 5.41 Å². The van der Waals surface area contributed by atoms with Crippen LogP contribution in [0.3, 0.4) is 0 Å². The molecule has 0 radical (unpaired) electrons. The molecule has 4 heteroatoms. The Bertz CT molecular complexity index is 146. The predicted octanol–water partition coefficient (Wildman–Crippen LogP) is 2.20. The van der Waals surface area contributed by atoms with Crippen LogP contribution in [0.2, 0.25) is 0 Å². The molecule has 0 aliphatic carbocycles. The number of rotatable bonds is 3. The minimum atomic E-state index is -0.116. The summed E-state index contributed by atoms with van der Waals surface area (Å²) in [4.78, 5) is 19.6. The van der Waals surface area contributed by atoms with Gasteiger partial charge in [0.1, 0.15) is 5.78 Å². The molecule has 0 heterocycles. The Morgan fingerprint density at radius 1 is 1.20 bits per heavy atom. The second kappa shape index (κ2) is 29.3. The lowest BCUT2D eigenvalue weighted by atomic mass is 10.3. The molecule has 0 fully saturated rings. The molecule has 0 spiro atoms. The normalized spacial score (nSPS) is 6.33. The van der Waals surface area contributed by atoms with Crippen LogP contribution in [-0.2, 0) is 9.59 Å². The topological polar surface area (TPSA) is 84.0 Å². The van der Waals surface area contributed by atoms with Crippen molar-refractivity contribution in [2.45, 2.75) is 48.0 Å². The lowest BCUT2D eigenvalue weighted by Crippen LogP contribution is -2.07. The van der Waals surface area contributed by atoms with Crippen molar-refractivity contribution in [3.8, 4) is 0 Å². The Labute approximate surface area is 93.8 Å². The van der Waals surface area contributed by atoms with Crippen molar-refractivity contribution in [3.63, 3.8) is 0 Å². The largest absolute Gasteiger partial charge is 0.324 e. The summed E-state index contributed by atoms with van der Waals surface area (Å²) in [6, 6.07) is 0. The Morgan fingerprint density at radius 2 is 1.47 bits per heavy atom. The van der Waals surface area contributed by atoms with Crippen LogP contribution in [0.1, 0.15) is 48.0 Å². The second-order valence-corrected chi connectivity index (χ2v) is 1.87. The van der Waals surface area contributed by atoms with Crippen molar-refractivity contribution in [2.24, 2.45) is 5.73 Å². The smallest absolute Gasteiger partial charge is 0.172 e. The highest BCUT2D eigenvalue weighted by atomic mass is 16.1. The first kappa shape index (κ1) is 23.6. The minimum absolute atomic E-state index is 0.0324. The predicted molar refractivity (Wildman–Crippen MR) is 66.5 cm³/mol. The Balaban J connectivity index is -0.0000000610. The summed E-state index contributed by atoms with van der Waals surface area (Å²) in [5, 5.41) is 6.33. The maximum Gasteiger partial charge on any atom is 0.172 e. The quantitative estimate of drug-likeness (QED) is 0.712. The minimum Gasteiger partial charge on any atom is -0.324 e. The van der Waals surface area contributed by atoms with E-state index in [0.29, 0.717) is 6.42 Å². The first-order valence-corrected chi connectivity index (χ1v) is 5.31. The third-order valence-electron chi connectivity index (χ3n) is 0.797. The zero-order chi connectivity index (χ0) is 13.3. The average molecular weight is 218 g/mol. The number of Topliss-reactive ketones (excluding diaryl/α,β-unsaturated/α-hetero) is 2. The number of carbonyl (C=O) groups excluding carboxylic acids is 2. The Hall–Kier alpha value is -1.03. The van der Waals surface area contributed by atoms with Gasteiger partial charge in [-0.25, -0.2) is 0 Å². The molecular weight excluding hydrogens is 192 g/mol. The first-order chi connectivity index (χ1) is 7.08. The van der Waals surface area contributed by atoms with Crippen LogP contribution in [0.5, 0.6) is 0 Å². The fraction of sp³-hybridized carbons (Fsp3) is 0.727. The number of hydrogen-bond donors (Lipinski definition) is 2. The maximum atomic E-state index is 9.94. The molecule has 0 rings (SSSR count). The third-order valence-corrected chi connectivity index (χ3v) is 0.797. The molecule has 3 N–H and O–H groups in total. The maximum absolute atomic E-state index is 9.94. The molecule has 0 atom stereocenters. The highest BCUT2D eigenvalue weighted by Gasteiger charge is 1.83. The monoisotopic (exact) mass is 218 g/mol. The third kappa shape index (κ3) is 63.2. The molecule has 92 valence electrons. The lowest BCUT2D eigenvalue weighted by Gasteiger charge is -1.73. The highest BCUT2D eigenvalue weighted by Crippen LogP contribution is 1.70. The van der Waals surface area contributed by atoms with Gasteiger partial charge < -0.3 is 11.1 Å². The fourth-order valence-electron chi connectivity index (χ4n) is 0.102. The summed E-state index contributed by atoms with van der Waals surface area (Å²) < 4.78 is 0. The van der Waals surface area contributed by atoms with E-state index < -0.39 is 0 Å². The van der Waals surface area contributed by atoms with Gasteiger partial charge in [0.2, 0.25) is 0 Å². The van der Waals surface area contributed by atoms with Crippen molar-refractivity contribution >= 4 is 17.8 Å². The number of nitrogens with two attached hydrogens (primary N) is 1. The average Bonchev–Trinajstić information content (AvgIpc) is 2.33. The van der Waals surface area contributed by atoms with Crippen LogP contribution in [0.25, 0.3) is 0 Å². The molecule has 0 saturated heterocycles. The molecular formula is C11H26N2O2.